The van der Waals surface area contributed by atoms with Crippen LogP contribution < -0.4 is 15.4 Å². The lowest BCUT2D eigenvalue weighted by Gasteiger charge is -2.29. The lowest BCUT2D eigenvalue weighted by Crippen LogP contribution is -2.47. The van der Waals surface area contributed by atoms with Gasteiger partial charge in [0.15, 0.2) is 0 Å². The van der Waals surface area contributed by atoms with Crippen molar-refractivity contribution >= 4 is 17.7 Å². The van der Waals surface area contributed by atoms with Crippen LogP contribution in [0, 0.1) is 5.92 Å². The van der Waals surface area contributed by atoms with Crippen molar-refractivity contribution in [2.24, 2.45) is 5.92 Å². The summed E-state index contributed by atoms with van der Waals surface area (Å²) in [5.74, 6) is -0.424. The molecule has 3 amide bonds. The molecule has 3 atom stereocenters. The smallest absolute Gasteiger partial charge is 0.242 e. The maximum Gasteiger partial charge on any atom is 0.242 e. The highest BCUT2D eigenvalue weighted by atomic mass is 16.5. The number of amides is 3. The molecule has 0 bridgehead atoms. The van der Waals surface area contributed by atoms with Crippen LogP contribution in [0.2, 0.25) is 0 Å². The summed E-state index contributed by atoms with van der Waals surface area (Å²) in [5, 5.41) is 5.68. The van der Waals surface area contributed by atoms with Crippen molar-refractivity contribution in [3.05, 3.63) is 65.7 Å². The Morgan fingerprint density at radius 2 is 1.88 bits per heavy atom. The van der Waals surface area contributed by atoms with E-state index in [4.69, 9.17) is 4.74 Å². The minimum atomic E-state index is -0.706. The molecule has 0 radical (unpaired) electrons. The fourth-order valence-electron chi connectivity index (χ4n) is 4.32. The van der Waals surface area contributed by atoms with Gasteiger partial charge in [-0.2, -0.15) is 0 Å². The van der Waals surface area contributed by atoms with Crippen molar-refractivity contribution in [3.8, 4) is 5.75 Å². The maximum atomic E-state index is 13.2. The summed E-state index contributed by atoms with van der Waals surface area (Å²) in [6.07, 6.45) is 2.06. The zero-order valence-corrected chi connectivity index (χ0v) is 18.4. The molecule has 2 aromatic carbocycles. The van der Waals surface area contributed by atoms with Gasteiger partial charge in [0.25, 0.3) is 0 Å². The Labute approximate surface area is 188 Å². The number of hydrogen-bond acceptors (Lipinski definition) is 4. The number of hydrogen-bond donors (Lipinski definition) is 2. The van der Waals surface area contributed by atoms with E-state index in [0.29, 0.717) is 12.3 Å². The third-order valence-corrected chi connectivity index (χ3v) is 6.14. The Bertz CT molecular complexity index is 990. The van der Waals surface area contributed by atoms with Crippen LogP contribution in [0.5, 0.6) is 5.75 Å². The monoisotopic (exact) mass is 435 g/mol. The molecule has 0 spiro atoms. The molecule has 168 valence electrons. The number of nitrogens with one attached hydrogen (secondary N) is 2. The number of benzene rings is 2. The molecule has 2 aliphatic rings. The molecule has 7 heteroatoms. The summed E-state index contributed by atoms with van der Waals surface area (Å²) >= 11 is 0. The Morgan fingerprint density at radius 3 is 2.56 bits per heavy atom. The van der Waals surface area contributed by atoms with Crippen molar-refractivity contribution in [1.29, 1.82) is 0 Å². The normalized spacial score (nSPS) is 21.2. The molecule has 1 saturated heterocycles. The molecule has 1 aliphatic heterocycles. The first-order valence-electron chi connectivity index (χ1n) is 11.0. The average Bonchev–Trinajstić information content (AvgIpc) is 3.59. The molecular formula is C25H29N3O4. The molecule has 2 fully saturated rings. The van der Waals surface area contributed by atoms with E-state index < -0.39 is 12.0 Å². The molecule has 2 aromatic rings. The van der Waals surface area contributed by atoms with Crippen LogP contribution in [0.15, 0.2) is 54.6 Å². The molecule has 0 aromatic heterocycles. The number of carbonyl (C=O) groups is 3. The topological polar surface area (TPSA) is 87.7 Å². The van der Waals surface area contributed by atoms with E-state index in [9.17, 15) is 14.4 Å². The van der Waals surface area contributed by atoms with Crippen LogP contribution in [-0.2, 0) is 20.9 Å². The van der Waals surface area contributed by atoms with E-state index in [0.717, 1.165) is 24.0 Å². The molecule has 1 aliphatic carbocycles. The fraction of sp³-hybridized carbons (Fsp3) is 0.400. The van der Waals surface area contributed by atoms with Crippen molar-refractivity contribution in [3.63, 3.8) is 0 Å². The van der Waals surface area contributed by atoms with E-state index >= 15 is 0 Å². The molecule has 2 N–H and O–H groups in total. The SMILES string of the molecule is COc1cccc([C@@H]2[C@H](C(=O)N[C@@H](C)C(=O)NCc3ccccc3)CC(=O)N2C2CC2)c1. The van der Waals surface area contributed by atoms with Crippen molar-refractivity contribution in [2.45, 2.75) is 50.9 Å². The molecule has 4 rings (SSSR count). The molecule has 0 unspecified atom stereocenters. The summed E-state index contributed by atoms with van der Waals surface area (Å²) in [6, 6.07) is 16.2. The second-order valence-corrected chi connectivity index (χ2v) is 8.50. The van der Waals surface area contributed by atoms with Crippen molar-refractivity contribution in [2.75, 3.05) is 7.11 Å². The maximum absolute atomic E-state index is 13.2. The first kappa shape index (κ1) is 21.9. The van der Waals surface area contributed by atoms with Crippen LogP contribution in [0.4, 0.5) is 0 Å². The average molecular weight is 436 g/mol. The van der Waals surface area contributed by atoms with Gasteiger partial charge in [-0.15, -0.1) is 0 Å². The van der Waals surface area contributed by atoms with Crippen LogP contribution >= 0.6 is 0 Å². The first-order valence-corrected chi connectivity index (χ1v) is 11.0. The summed E-state index contributed by atoms with van der Waals surface area (Å²) in [7, 11) is 1.59. The van der Waals surface area contributed by atoms with Crippen LogP contribution in [0.25, 0.3) is 0 Å². The predicted molar refractivity (Wildman–Crippen MR) is 120 cm³/mol. The molecule has 1 saturated carbocycles. The van der Waals surface area contributed by atoms with Gasteiger partial charge in [-0.1, -0.05) is 42.5 Å². The van der Waals surface area contributed by atoms with Gasteiger partial charge in [0.2, 0.25) is 17.7 Å². The number of rotatable bonds is 8. The highest BCUT2D eigenvalue weighted by Crippen LogP contribution is 2.45. The molecule has 1 heterocycles. The van der Waals surface area contributed by atoms with E-state index in [1.807, 2.05) is 59.5 Å². The quantitative estimate of drug-likeness (QED) is 0.667. The lowest BCUT2D eigenvalue weighted by atomic mass is 9.92. The second-order valence-electron chi connectivity index (χ2n) is 8.50. The Hall–Kier alpha value is -3.35. The summed E-state index contributed by atoms with van der Waals surface area (Å²) in [4.78, 5) is 40.4. The number of likely N-dealkylation sites (tertiary alicyclic amines) is 1. The van der Waals surface area contributed by atoms with Gasteiger partial charge in [-0.05, 0) is 43.0 Å². The van der Waals surface area contributed by atoms with E-state index in [2.05, 4.69) is 10.6 Å². The number of nitrogens with zero attached hydrogens (tertiary/aromatic N) is 1. The third-order valence-electron chi connectivity index (χ3n) is 6.14. The standard InChI is InChI=1S/C25H29N3O4/c1-16(24(30)26-15-17-7-4-3-5-8-17)27-25(31)21-14-22(29)28(19-11-12-19)23(21)18-9-6-10-20(13-18)32-2/h3-10,13,16,19,21,23H,11-12,14-15H2,1-2H3,(H,26,30)(H,27,31)/t16-,21+,23+/m0/s1. The Kier molecular flexibility index (Phi) is 6.44. The van der Waals surface area contributed by atoms with Gasteiger partial charge in [-0.25, -0.2) is 0 Å². The highest BCUT2D eigenvalue weighted by molar-refractivity contribution is 5.93. The van der Waals surface area contributed by atoms with E-state index in [-0.39, 0.29) is 36.2 Å². The van der Waals surface area contributed by atoms with Gasteiger partial charge in [0, 0.05) is 19.0 Å². The van der Waals surface area contributed by atoms with Crippen LogP contribution in [0.1, 0.15) is 43.4 Å². The van der Waals surface area contributed by atoms with Crippen molar-refractivity contribution < 1.29 is 19.1 Å². The third kappa shape index (κ3) is 4.77. The van der Waals surface area contributed by atoms with Crippen LogP contribution in [0.3, 0.4) is 0 Å². The predicted octanol–water partition coefficient (Wildman–Crippen LogP) is 2.57. The number of ether oxygens (including phenoxy) is 1. The first-order chi connectivity index (χ1) is 15.5. The summed E-state index contributed by atoms with van der Waals surface area (Å²) in [5.41, 5.74) is 1.86. The largest absolute Gasteiger partial charge is 0.497 e. The minimum Gasteiger partial charge on any atom is -0.497 e. The van der Waals surface area contributed by atoms with Gasteiger partial charge >= 0.3 is 0 Å². The minimum absolute atomic E-state index is 0.0124. The van der Waals surface area contributed by atoms with Crippen molar-refractivity contribution in [1.82, 2.24) is 15.5 Å². The van der Waals surface area contributed by atoms with E-state index in [1.54, 1.807) is 14.0 Å². The van der Waals surface area contributed by atoms with Crippen LogP contribution in [-0.4, -0.2) is 41.8 Å². The molecular weight excluding hydrogens is 406 g/mol. The summed E-state index contributed by atoms with van der Waals surface area (Å²) < 4.78 is 5.35. The fourth-order valence-corrected chi connectivity index (χ4v) is 4.32. The highest BCUT2D eigenvalue weighted by Gasteiger charge is 2.50. The zero-order valence-electron chi connectivity index (χ0n) is 18.4. The van der Waals surface area contributed by atoms with Gasteiger partial charge in [0.1, 0.15) is 11.8 Å². The number of carbonyl (C=O) groups excluding carboxylic acids is 3. The second kappa shape index (κ2) is 9.42. The van der Waals surface area contributed by atoms with Gasteiger partial charge in [0.05, 0.1) is 19.1 Å². The number of methoxy groups -OCH3 is 1. The molecule has 7 nitrogen and oxygen atoms in total. The summed E-state index contributed by atoms with van der Waals surface area (Å²) in [6.45, 7) is 2.05. The Balaban J connectivity index is 1.45. The lowest BCUT2D eigenvalue weighted by molar-refractivity contribution is -0.131. The van der Waals surface area contributed by atoms with Gasteiger partial charge in [-0.3, -0.25) is 14.4 Å². The van der Waals surface area contributed by atoms with Gasteiger partial charge < -0.3 is 20.3 Å². The van der Waals surface area contributed by atoms with E-state index in [1.165, 1.54) is 0 Å². The zero-order chi connectivity index (χ0) is 22.7. The Morgan fingerprint density at radius 1 is 1.12 bits per heavy atom. The molecule has 32 heavy (non-hydrogen) atoms.